The molecule has 2 aromatic carbocycles. The highest BCUT2D eigenvalue weighted by molar-refractivity contribution is 7.80. The number of carbonyl (C=O) groups excluding carboxylic acids is 1. The van der Waals surface area contributed by atoms with Crippen LogP contribution in [0.1, 0.15) is 28.8 Å². The Hall–Kier alpha value is -1.99. The van der Waals surface area contributed by atoms with Crippen LogP contribution < -0.4 is 0 Å². The van der Waals surface area contributed by atoms with Gasteiger partial charge in [0.05, 0.1) is 19.3 Å². The summed E-state index contributed by atoms with van der Waals surface area (Å²) in [6, 6.07) is 15.4. The van der Waals surface area contributed by atoms with Crippen molar-refractivity contribution in [2.45, 2.75) is 24.4 Å². The van der Waals surface area contributed by atoms with Gasteiger partial charge in [-0.15, -0.1) is 0 Å². The SMILES string of the molecule is COC[C@H]1OCC(CC(=S)CC(=O)c2ccccc2)(c2ccccc2F)[C@@H]1CO. The second kappa shape index (κ2) is 9.67. The first-order valence-electron chi connectivity index (χ1n) is 9.58. The molecule has 1 unspecified atom stereocenters. The van der Waals surface area contributed by atoms with Crippen LogP contribution in [0.4, 0.5) is 4.39 Å². The average molecular weight is 417 g/mol. The fraction of sp³-hybridized carbons (Fsp3) is 0.391. The largest absolute Gasteiger partial charge is 0.396 e. The Kier molecular flexibility index (Phi) is 7.24. The van der Waals surface area contributed by atoms with Crippen LogP contribution in [0.5, 0.6) is 0 Å². The van der Waals surface area contributed by atoms with Gasteiger partial charge < -0.3 is 14.6 Å². The predicted octanol–water partition coefficient (Wildman–Crippen LogP) is 3.75. The third kappa shape index (κ3) is 4.61. The summed E-state index contributed by atoms with van der Waals surface area (Å²) in [7, 11) is 1.56. The van der Waals surface area contributed by atoms with Crippen LogP contribution in [0, 0.1) is 11.7 Å². The van der Waals surface area contributed by atoms with E-state index < -0.39 is 11.3 Å². The molecule has 2 aromatic rings. The van der Waals surface area contributed by atoms with Gasteiger partial charge in [0.2, 0.25) is 0 Å². The van der Waals surface area contributed by atoms with Crippen molar-refractivity contribution in [3.8, 4) is 0 Å². The molecule has 4 nitrogen and oxygen atoms in total. The Morgan fingerprint density at radius 2 is 1.93 bits per heavy atom. The summed E-state index contributed by atoms with van der Waals surface area (Å²) in [5.74, 6) is -0.846. The van der Waals surface area contributed by atoms with E-state index in [1.54, 1.807) is 49.6 Å². The van der Waals surface area contributed by atoms with Crippen molar-refractivity contribution in [2.24, 2.45) is 5.92 Å². The highest BCUT2D eigenvalue weighted by Gasteiger charge is 2.51. The zero-order valence-corrected chi connectivity index (χ0v) is 17.2. The molecule has 154 valence electrons. The molecule has 0 saturated carbocycles. The summed E-state index contributed by atoms with van der Waals surface area (Å²) < 4.78 is 26.0. The smallest absolute Gasteiger partial charge is 0.167 e. The number of hydrogen-bond acceptors (Lipinski definition) is 5. The molecule has 1 N–H and O–H groups in total. The maximum atomic E-state index is 14.8. The van der Waals surface area contributed by atoms with E-state index in [-0.39, 0.29) is 50.4 Å². The Morgan fingerprint density at radius 3 is 2.59 bits per heavy atom. The molecule has 1 aliphatic heterocycles. The number of halogens is 1. The van der Waals surface area contributed by atoms with Crippen molar-refractivity contribution in [3.63, 3.8) is 0 Å². The molecule has 6 heteroatoms. The normalized spacial score (nSPS) is 23.8. The predicted molar refractivity (Wildman–Crippen MR) is 113 cm³/mol. The average Bonchev–Trinajstić information content (AvgIpc) is 3.06. The molecule has 3 atom stereocenters. The molecule has 1 aliphatic rings. The van der Waals surface area contributed by atoms with Gasteiger partial charge >= 0.3 is 0 Å². The number of aliphatic hydroxyl groups excluding tert-OH is 1. The van der Waals surface area contributed by atoms with E-state index in [1.165, 1.54) is 6.07 Å². The summed E-state index contributed by atoms with van der Waals surface area (Å²) in [6.07, 6.45) is -0.0205. The van der Waals surface area contributed by atoms with Crippen LogP contribution in [-0.4, -0.2) is 48.8 Å². The van der Waals surface area contributed by atoms with Crippen molar-refractivity contribution in [1.82, 2.24) is 0 Å². The lowest BCUT2D eigenvalue weighted by atomic mass is 9.67. The first-order chi connectivity index (χ1) is 14.0. The van der Waals surface area contributed by atoms with Gasteiger partial charge in [0.25, 0.3) is 0 Å². The summed E-state index contributed by atoms with van der Waals surface area (Å²) in [4.78, 5) is 13.1. The van der Waals surface area contributed by atoms with Gasteiger partial charge in [-0.2, -0.15) is 0 Å². The second-order valence-corrected chi connectivity index (χ2v) is 7.99. The lowest BCUT2D eigenvalue weighted by Gasteiger charge is -2.35. The number of carbonyl (C=O) groups is 1. The first kappa shape index (κ1) is 21.7. The number of thiocarbonyl (C=S) groups is 1. The number of aliphatic hydroxyl groups is 1. The molecular formula is C23H25FO4S. The first-order valence-corrected chi connectivity index (χ1v) is 9.99. The summed E-state index contributed by atoms with van der Waals surface area (Å²) >= 11 is 5.57. The van der Waals surface area contributed by atoms with Gasteiger partial charge in [-0.25, -0.2) is 4.39 Å². The molecule has 0 radical (unpaired) electrons. The number of methoxy groups -OCH3 is 1. The zero-order valence-electron chi connectivity index (χ0n) is 16.3. The summed E-state index contributed by atoms with van der Waals surface area (Å²) in [6.45, 7) is 0.293. The molecule has 0 aromatic heterocycles. The highest BCUT2D eigenvalue weighted by Crippen LogP contribution is 2.45. The number of ether oxygens (including phenoxy) is 2. The van der Waals surface area contributed by atoms with E-state index in [9.17, 15) is 14.3 Å². The van der Waals surface area contributed by atoms with Crippen LogP contribution >= 0.6 is 12.2 Å². The van der Waals surface area contributed by atoms with Crippen LogP contribution in [0.25, 0.3) is 0 Å². The minimum Gasteiger partial charge on any atom is -0.396 e. The Balaban J connectivity index is 1.89. The number of benzene rings is 2. The Labute approximate surface area is 175 Å². The molecule has 0 amide bonds. The fourth-order valence-electron chi connectivity index (χ4n) is 4.19. The van der Waals surface area contributed by atoms with Crippen molar-refractivity contribution < 1.29 is 23.8 Å². The molecule has 0 spiro atoms. The fourth-order valence-corrected chi connectivity index (χ4v) is 4.58. The Bertz CT molecular complexity index is 857. The summed E-state index contributed by atoms with van der Waals surface area (Å²) in [5.41, 5.74) is 0.192. The van der Waals surface area contributed by atoms with E-state index in [2.05, 4.69) is 0 Å². The number of hydrogen-bond donors (Lipinski definition) is 1. The zero-order chi connectivity index (χ0) is 20.9. The minimum absolute atomic E-state index is 0.0767. The Morgan fingerprint density at radius 1 is 1.24 bits per heavy atom. The standard InChI is InChI=1S/C23H25FO4S/c1-27-14-22-19(13-25)23(15-28-22,18-9-5-6-10-20(18)24)12-17(29)11-21(26)16-7-3-2-4-8-16/h2-10,19,22,25H,11-15H2,1H3/t19-,22-,23?/m1/s1. The van der Waals surface area contributed by atoms with Crippen LogP contribution in [-0.2, 0) is 14.9 Å². The molecule has 3 rings (SSSR count). The lowest BCUT2D eigenvalue weighted by molar-refractivity contribution is 0.00958. The maximum absolute atomic E-state index is 14.8. The van der Waals surface area contributed by atoms with Crippen molar-refractivity contribution in [2.75, 3.05) is 26.9 Å². The minimum atomic E-state index is -0.850. The molecule has 29 heavy (non-hydrogen) atoms. The van der Waals surface area contributed by atoms with E-state index in [1.807, 2.05) is 6.07 Å². The maximum Gasteiger partial charge on any atom is 0.167 e. The van der Waals surface area contributed by atoms with E-state index in [0.29, 0.717) is 16.0 Å². The molecule has 0 bridgehead atoms. The van der Waals surface area contributed by atoms with Gasteiger partial charge in [-0.3, -0.25) is 4.79 Å². The molecule has 1 saturated heterocycles. The van der Waals surface area contributed by atoms with Crippen molar-refractivity contribution in [3.05, 3.63) is 71.5 Å². The highest BCUT2D eigenvalue weighted by atomic mass is 32.1. The van der Waals surface area contributed by atoms with Crippen molar-refractivity contribution in [1.29, 1.82) is 0 Å². The van der Waals surface area contributed by atoms with E-state index in [0.717, 1.165) is 0 Å². The third-order valence-corrected chi connectivity index (χ3v) is 5.91. The van der Waals surface area contributed by atoms with Gasteiger partial charge in [-0.1, -0.05) is 60.7 Å². The van der Waals surface area contributed by atoms with Gasteiger partial charge in [0, 0.05) is 41.9 Å². The second-order valence-electron chi connectivity index (χ2n) is 7.41. The van der Waals surface area contributed by atoms with Crippen LogP contribution in [0.15, 0.2) is 54.6 Å². The van der Waals surface area contributed by atoms with Gasteiger partial charge in [0.1, 0.15) is 5.82 Å². The topological polar surface area (TPSA) is 55.8 Å². The quantitative estimate of drug-likeness (QED) is 0.498. The summed E-state index contributed by atoms with van der Waals surface area (Å²) in [5, 5.41) is 10.2. The molecule has 1 heterocycles. The van der Waals surface area contributed by atoms with E-state index in [4.69, 9.17) is 21.7 Å². The number of rotatable bonds is 9. The van der Waals surface area contributed by atoms with Crippen LogP contribution in [0.3, 0.4) is 0 Å². The van der Waals surface area contributed by atoms with Gasteiger partial charge in [0.15, 0.2) is 5.78 Å². The van der Waals surface area contributed by atoms with E-state index >= 15 is 0 Å². The lowest BCUT2D eigenvalue weighted by Crippen LogP contribution is -2.42. The molecule has 0 aliphatic carbocycles. The third-order valence-electron chi connectivity index (χ3n) is 5.62. The molecular weight excluding hydrogens is 391 g/mol. The number of ketones is 1. The van der Waals surface area contributed by atoms with Crippen LogP contribution in [0.2, 0.25) is 0 Å². The number of Topliss-reactive ketones (excluding diaryl/α,β-unsaturated/α-hetero) is 1. The molecule has 1 fully saturated rings. The van der Waals surface area contributed by atoms with Crippen molar-refractivity contribution >= 4 is 22.9 Å². The van der Waals surface area contributed by atoms with Gasteiger partial charge in [-0.05, 0) is 18.1 Å². The monoisotopic (exact) mass is 416 g/mol.